The average molecular weight is 481 g/mol. The zero-order valence-corrected chi connectivity index (χ0v) is 20.3. The molecule has 0 atom stereocenters. The second kappa shape index (κ2) is 9.50. The van der Waals surface area contributed by atoms with Crippen molar-refractivity contribution >= 4 is 27.5 Å². The fourth-order valence-electron chi connectivity index (χ4n) is 5.57. The molecule has 0 bridgehead atoms. The van der Waals surface area contributed by atoms with E-state index in [2.05, 4.69) is 38.9 Å². The highest BCUT2D eigenvalue weighted by molar-refractivity contribution is 7.90. The fraction of sp³-hybridized carbons (Fsp3) is 0.462. The molecular weight excluding hydrogens is 448 g/mol. The molecule has 1 N–H and O–H groups in total. The summed E-state index contributed by atoms with van der Waals surface area (Å²) in [5, 5.41) is 3.23. The molecule has 3 aliphatic rings. The van der Waals surface area contributed by atoms with E-state index < -0.39 is 10.0 Å². The van der Waals surface area contributed by atoms with E-state index in [1.165, 1.54) is 5.56 Å². The first-order valence-electron chi connectivity index (χ1n) is 12.2. The Morgan fingerprint density at radius 2 is 1.62 bits per heavy atom. The van der Waals surface area contributed by atoms with Crippen LogP contribution < -0.4 is 5.32 Å². The van der Waals surface area contributed by atoms with Gasteiger partial charge in [0.25, 0.3) is 10.0 Å². The molecule has 7 nitrogen and oxygen atoms in total. The van der Waals surface area contributed by atoms with Crippen LogP contribution in [0.15, 0.2) is 63.9 Å². The maximum atomic E-state index is 13.3. The van der Waals surface area contributed by atoms with Gasteiger partial charge in [-0.3, -0.25) is 9.69 Å². The minimum atomic E-state index is -3.72. The van der Waals surface area contributed by atoms with Crippen LogP contribution in [0.25, 0.3) is 0 Å². The van der Waals surface area contributed by atoms with Crippen molar-refractivity contribution in [3.05, 3.63) is 60.2 Å². The molecule has 5 rings (SSSR count). The lowest BCUT2D eigenvalue weighted by atomic mass is 9.78. The van der Waals surface area contributed by atoms with Gasteiger partial charge in [-0.2, -0.15) is 8.42 Å². The van der Waals surface area contributed by atoms with E-state index >= 15 is 0 Å². The molecule has 1 aliphatic carbocycles. The predicted molar refractivity (Wildman–Crippen MR) is 133 cm³/mol. The van der Waals surface area contributed by atoms with E-state index in [9.17, 15) is 13.2 Å². The second-order valence-corrected chi connectivity index (χ2v) is 11.4. The summed E-state index contributed by atoms with van der Waals surface area (Å²) < 4.78 is 29.5. The van der Waals surface area contributed by atoms with Gasteiger partial charge in [0.1, 0.15) is 10.7 Å². The zero-order valence-electron chi connectivity index (χ0n) is 19.4. The Kier molecular flexibility index (Phi) is 6.44. The van der Waals surface area contributed by atoms with Crippen LogP contribution in [0.1, 0.15) is 44.1 Å². The first-order valence-corrected chi connectivity index (χ1v) is 13.6. The lowest BCUT2D eigenvalue weighted by Crippen LogP contribution is -2.49. The van der Waals surface area contributed by atoms with E-state index in [1.54, 1.807) is 18.2 Å². The lowest BCUT2D eigenvalue weighted by Gasteiger charge is -2.37. The summed E-state index contributed by atoms with van der Waals surface area (Å²) in [6, 6.07) is 17.3. The number of anilines is 1. The molecule has 34 heavy (non-hydrogen) atoms. The van der Waals surface area contributed by atoms with Crippen LogP contribution in [-0.4, -0.2) is 56.1 Å². The zero-order chi connectivity index (χ0) is 23.6. The third kappa shape index (κ3) is 5.03. The number of para-hydroxylation sites is 1. The summed E-state index contributed by atoms with van der Waals surface area (Å²) in [4.78, 5) is 17.9. The average Bonchev–Trinajstić information content (AvgIpc) is 3.27. The number of sulfonamides is 1. The Bertz CT molecular complexity index is 1170. The van der Waals surface area contributed by atoms with Gasteiger partial charge in [0.15, 0.2) is 0 Å². The van der Waals surface area contributed by atoms with Crippen LogP contribution in [0, 0.1) is 5.41 Å². The number of carbonyl (C=O) groups excluding carboxylic acids is 1. The molecule has 2 fully saturated rings. The molecule has 0 unspecified atom stereocenters. The van der Waals surface area contributed by atoms with Crippen LogP contribution >= 0.6 is 0 Å². The number of hydrogen-bond acceptors (Lipinski definition) is 5. The molecule has 1 amide bonds. The second-order valence-electron chi connectivity index (χ2n) is 9.84. The largest absolute Gasteiger partial charge is 0.342 e. The third-order valence-corrected chi connectivity index (χ3v) is 8.75. The normalized spacial score (nSPS) is 21.4. The van der Waals surface area contributed by atoms with Crippen molar-refractivity contribution in [3.63, 3.8) is 0 Å². The van der Waals surface area contributed by atoms with Gasteiger partial charge in [-0.1, -0.05) is 55.3 Å². The summed E-state index contributed by atoms with van der Waals surface area (Å²) in [5.74, 6) is 0.641. The van der Waals surface area contributed by atoms with Gasteiger partial charge in [0, 0.05) is 45.6 Å². The van der Waals surface area contributed by atoms with Crippen LogP contribution in [0.4, 0.5) is 5.69 Å². The minimum absolute atomic E-state index is 0.181. The molecule has 180 valence electrons. The molecule has 1 saturated carbocycles. The summed E-state index contributed by atoms with van der Waals surface area (Å²) in [6.45, 7) is 4.13. The number of carbonyl (C=O) groups is 1. The summed E-state index contributed by atoms with van der Waals surface area (Å²) in [7, 11) is -3.72. The smallest absolute Gasteiger partial charge is 0.286 e. The minimum Gasteiger partial charge on any atom is -0.342 e. The Morgan fingerprint density at radius 3 is 2.35 bits per heavy atom. The van der Waals surface area contributed by atoms with Crippen molar-refractivity contribution in [3.8, 4) is 0 Å². The monoisotopic (exact) mass is 480 g/mol. The Hall–Kier alpha value is -2.71. The van der Waals surface area contributed by atoms with Crippen LogP contribution in [0.3, 0.4) is 0 Å². The number of amides is 1. The van der Waals surface area contributed by atoms with Crippen molar-refractivity contribution < 1.29 is 13.2 Å². The molecular formula is C26H32N4O3S. The molecule has 2 aromatic carbocycles. The number of nitrogens with zero attached hydrogens (tertiary/aromatic N) is 3. The van der Waals surface area contributed by atoms with Crippen molar-refractivity contribution in [1.82, 2.24) is 9.80 Å². The Morgan fingerprint density at radius 1 is 0.941 bits per heavy atom. The standard InChI is InChI=1S/C26H32N4O3S/c31-25(30-16-14-29(15-17-30)20-21-8-2-1-3-9-21)19-26(12-6-7-13-26)18-24-27-22-10-4-5-11-23(22)34(32,33)28-24/h1-5,8-11H,6-7,12-20H2,(H,27,28). The van der Waals surface area contributed by atoms with E-state index in [-0.39, 0.29) is 16.2 Å². The molecule has 0 spiro atoms. The van der Waals surface area contributed by atoms with Crippen molar-refractivity contribution in [2.24, 2.45) is 9.81 Å². The first-order chi connectivity index (χ1) is 16.4. The number of piperazine rings is 1. The van der Waals surface area contributed by atoms with E-state index in [0.29, 0.717) is 24.4 Å². The Labute approximate surface area is 201 Å². The number of hydrogen-bond donors (Lipinski definition) is 1. The van der Waals surface area contributed by atoms with Gasteiger partial charge >= 0.3 is 0 Å². The summed E-state index contributed by atoms with van der Waals surface area (Å²) in [5.41, 5.74) is 1.64. The van der Waals surface area contributed by atoms with Gasteiger partial charge < -0.3 is 10.2 Å². The summed E-state index contributed by atoms with van der Waals surface area (Å²) in [6.07, 6.45) is 4.92. The maximum Gasteiger partial charge on any atom is 0.286 e. The first kappa shape index (κ1) is 23.1. The molecule has 2 heterocycles. The van der Waals surface area contributed by atoms with Crippen LogP contribution in [0.2, 0.25) is 0 Å². The molecule has 8 heteroatoms. The lowest BCUT2D eigenvalue weighted by molar-refractivity contribution is -0.135. The van der Waals surface area contributed by atoms with Crippen LogP contribution in [-0.2, 0) is 21.4 Å². The van der Waals surface area contributed by atoms with E-state index in [1.807, 2.05) is 17.0 Å². The number of rotatable bonds is 6. The van der Waals surface area contributed by atoms with Crippen molar-refractivity contribution in [1.29, 1.82) is 0 Å². The quantitative estimate of drug-likeness (QED) is 0.679. The fourth-order valence-corrected chi connectivity index (χ4v) is 6.72. The molecule has 2 aromatic rings. The molecule has 1 saturated heterocycles. The topological polar surface area (TPSA) is 82.1 Å². The summed E-state index contributed by atoms with van der Waals surface area (Å²) >= 11 is 0. The van der Waals surface area contributed by atoms with Crippen LogP contribution in [0.5, 0.6) is 0 Å². The number of benzene rings is 2. The van der Waals surface area contributed by atoms with Crippen molar-refractivity contribution in [2.75, 3.05) is 31.5 Å². The Balaban J connectivity index is 1.22. The molecule has 0 aromatic heterocycles. The van der Waals surface area contributed by atoms with Gasteiger partial charge in [0.05, 0.1) is 5.69 Å². The van der Waals surface area contributed by atoms with E-state index in [4.69, 9.17) is 0 Å². The number of nitrogens with one attached hydrogen (secondary N) is 1. The maximum absolute atomic E-state index is 13.3. The third-order valence-electron chi connectivity index (χ3n) is 7.38. The van der Waals surface area contributed by atoms with Gasteiger partial charge in [-0.05, 0) is 36.0 Å². The molecule has 0 radical (unpaired) electrons. The van der Waals surface area contributed by atoms with Gasteiger partial charge in [-0.15, -0.1) is 4.40 Å². The number of amidine groups is 1. The predicted octanol–water partition coefficient (Wildman–Crippen LogP) is 3.88. The van der Waals surface area contributed by atoms with Crippen molar-refractivity contribution in [2.45, 2.75) is 50.0 Å². The molecule has 2 aliphatic heterocycles. The highest BCUT2D eigenvalue weighted by Gasteiger charge is 2.40. The van der Waals surface area contributed by atoms with Gasteiger partial charge in [0.2, 0.25) is 5.91 Å². The van der Waals surface area contributed by atoms with E-state index in [0.717, 1.165) is 58.4 Å². The van der Waals surface area contributed by atoms with Gasteiger partial charge in [-0.25, -0.2) is 0 Å². The number of fused-ring (bicyclic) bond motifs is 1. The SMILES string of the molecule is O=C(CC1(CC2=NS(=O)(=O)c3ccccc3N2)CCCC1)N1CCN(Cc2ccccc2)CC1. The highest BCUT2D eigenvalue weighted by Crippen LogP contribution is 2.45. The highest BCUT2D eigenvalue weighted by atomic mass is 32.2.